The van der Waals surface area contributed by atoms with Gasteiger partial charge in [-0.15, -0.1) is 0 Å². The maximum Gasteiger partial charge on any atom is 0.255 e. The predicted octanol–water partition coefficient (Wildman–Crippen LogP) is 2.38. The van der Waals surface area contributed by atoms with Crippen molar-refractivity contribution in [1.82, 2.24) is 14.9 Å². The molecule has 4 rings (SSSR count). The molecule has 1 aromatic heterocycles. The van der Waals surface area contributed by atoms with Crippen LogP contribution in [0.3, 0.4) is 0 Å². The maximum atomic E-state index is 12.7. The summed E-state index contributed by atoms with van der Waals surface area (Å²) < 4.78 is 0. The molecule has 0 saturated carbocycles. The van der Waals surface area contributed by atoms with Gasteiger partial charge in [-0.25, -0.2) is 4.98 Å². The number of rotatable bonds is 3. The highest BCUT2D eigenvalue weighted by molar-refractivity contribution is 6.06. The summed E-state index contributed by atoms with van der Waals surface area (Å²) in [6.45, 7) is 1.28. The van der Waals surface area contributed by atoms with Gasteiger partial charge in [0.1, 0.15) is 0 Å². The average molecular weight is 363 g/mol. The average Bonchev–Trinajstić information content (AvgIpc) is 3.15. The van der Waals surface area contributed by atoms with Gasteiger partial charge < -0.3 is 20.9 Å². The van der Waals surface area contributed by atoms with Crippen molar-refractivity contribution in [3.05, 3.63) is 59.9 Å². The number of nitrogens with one attached hydrogen (secondary N) is 2. The molecule has 4 N–H and O–H groups in total. The van der Waals surface area contributed by atoms with Crippen LogP contribution in [0.1, 0.15) is 33.6 Å². The lowest BCUT2D eigenvalue weighted by Crippen LogP contribution is -2.45. The Morgan fingerprint density at radius 2 is 2.07 bits per heavy atom. The van der Waals surface area contributed by atoms with E-state index in [4.69, 9.17) is 5.73 Å². The molecule has 1 aliphatic heterocycles. The van der Waals surface area contributed by atoms with Gasteiger partial charge in [0.2, 0.25) is 0 Å². The lowest BCUT2D eigenvalue weighted by atomic mass is 10.1. The van der Waals surface area contributed by atoms with Gasteiger partial charge in [-0.05, 0) is 49.2 Å². The molecule has 1 aliphatic rings. The third-order valence-corrected chi connectivity index (χ3v) is 4.79. The van der Waals surface area contributed by atoms with Gasteiger partial charge in [-0.3, -0.25) is 9.59 Å². The molecule has 1 unspecified atom stereocenters. The minimum atomic E-state index is -0.240. The van der Waals surface area contributed by atoms with Gasteiger partial charge in [0.15, 0.2) is 0 Å². The molecule has 1 atom stereocenters. The molecule has 3 aromatic rings. The van der Waals surface area contributed by atoms with E-state index in [1.807, 2.05) is 0 Å². The Morgan fingerprint density at radius 1 is 1.19 bits per heavy atom. The number of carbonyl (C=O) groups excluding carboxylic acids is 2. The molecule has 7 heteroatoms. The topological polar surface area (TPSA) is 104 Å². The van der Waals surface area contributed by atoms with Crippen molar-refractivity contribution >= 4 is 28.5 Å². The minimum absolute atomic E-state index is 0.0305. The molecular weight excluding hydrogens is 342 g/mol. The van der Waals surface area contributed by atoms with E-state index < -0.39 is 0 Å². The number of carbonyl (C=O) groups is 2. The highest BCUT2D eigenvalue weighted by atomic mass is 16.2. The lowest BCUT2D eigenvalue weighted by Gasteiger charge is -2.30. The van der Waals surface area contributed by atoms with Crippen molar-refractivity contribution in [3.8, 4) is 0 Å². The van der Waals surface area contributed by atoms with Gasteiger partial charge in [-0.2, -0.15) is 0 Å². The largest absolute Gasteiger partial charge is 0.345 e. The first kappa shape index (κ1) is 17.2. The van der Waals surface area contributed by atoms with Crippen molar-refractivity contribution < 1.29 is 9.59 Å². The van der Waals surface area contributed by atoms with Gasteiger partial charge in [0.25, 0.3) is 11.8 Å². The predicted molar refractivity (Wildman–Crippen MR) is 104 cm³/mol. The third-order valence-electron chi connectivity index (χ3n) is 4.79. The van der Waals surface area contributed by atoms with Crippen LogP contribution in [0.25, 0.3) is 11.0 Å². The summed E-state index contributed by atoms with van der Waals surface area (Å²) in [5.41, 5.74) is 9.23. The van der Waals surface area contributed by atoms with E-state index >= 15 is 0 Å². The Labute approximate surface area is 156 Å². The highest BCUT2D eigenvalue weighted by Crippen LogP contribution is 2.18. The fraction of sp³-hybridized carbons (Fsp3) is 0.250. The second kappa shape index (κ2) is 7.20. The second-order valence-electron chi connectivity index (χ2n) is 6.82. The Balaban J connectivity index is 1.50. The summed E-state index contributed by atoms with van der Waals surface area (Å²) in [5, 5.41) is 2.85. The first-order chi connectivity index (χ1) is 13.1. The first-order valence-corrected chi connectivity index (χ1v) is 8.99. The van der Waals surface area contributed by atoms with Crippen LogP contribution >= 0.6 is 0 Å². The molecule has 0 aliphatic carbocycles. The number of nitrogens with zero attached hydrogens (tertiary/aromatic N) is 2. The highest BCUT2D eigenvalue weighted by Gasteiger charge is 2.22. The van der Waals surface area contributed by atoms with E-state index in [0.29, 0.717) is 29.9 Å². The molecule has 0 radical (unpaired) electrons. The molecule has 2 heterocycles. The van der Waals surface area contributed by atoms with E-state index in [0.717, 1.165) is 23.9 Å². The Hall–Kier alpha value is -3.19. The van der Waals surface area contributed by atoms with Crippen LogP contribution in [0, 0.1) is 0 Å². The molecule has 2 amide bonds. The van der Waals surface area contributed by atoms with Crippen molar-refractivity contribution in [2.24, 2.45) is 5.73 Å². The standard InChI is InChI=1S/C20H21N5O2/c21-15-4-2-8-25(11-15)20(27)14-3-1-5-16(9-14)24-19(26)13-6-7-17-18(10-13)23-12-22-17/h1,3,5-7,9-10,12,15H,2,4,8,11,21H2,(H,22,23)(H,24,26). The first-order valence-electron chi connectivity index (χ1n) is 8.99. The van der Waals surface area contributed by atoms with E-state index in [-0.39, 0.29) is 17.9 Å². The summed E-state index contributed by atoms with van der Waals surface area (Å²) in [4.78, 5) is 34.2. The Kier molecular flexibility index (Phi) is 4.60. The number of nitrogens with two attached hydrogens (primary N) is 1. The number of aromatic nitrogens is 2. The van der Waals surface area contributed by atoms with Crippen LogP contribution in [0.4, 0.5) is 5.69 Å². The SMILES string of the molecule is NC1CCCN(C(=O)c2cccc(NC(=O)c3ccc4nc[nH]c4c3)c2)C1. The zero-order valence-corrected chi connectivity index (χ0v) is 14.8. The van der Waals surface area contributed by atoms with E-state index in [9.17, 15) is 9.59 Å². The number of hydrogen-bond donors (Lipinski definition) is 3. The number of anilines is 1. The molecular formula is C20H21N5O2. The van der Waals surface area contributed by atoms with Gasteiger partial charge in [-0.1, -0.05) is 6.07 Å². The molecule has 7 nitrogen and oxygen atoms in total. The van der Waals surface area contributed by atoms with Crippen LogP contribution in [-0.4, -0.2) is 45.8 Å². The number of piperidine rings is 1. The summed E-state index contributed by atoms with van der Waals surface area (Å²) in [7, 11) is 0. The zero-order valence-electron chi connectivity index (χ0n) is 14.8. The van der Waals surface area contributed by atoms with Crippen LogP contribution in [0.5, 0.6) is 0 Å². The number of hydrogen-bond acceptors (Lipinski definition) is 4. The number of H-pyrrole nitrogens is 1. The fourth-order valence-electron chi connectivity index (χ4n) is 3.39. The van der Waals surface area contributed by atoms with Crippen molar-refractivity contribution in [2.75, 3.05) is 18.4 Å². The quantitative estimate of drug-likeness (QED) is 0.664. The van der Waals surface area contributed by atoms with E-state index in [1.165, 1.54) is 0 Å². The van der Waals surface area contributed by atoms with E-state index in [2.05, 4.69) is 15.3 Å². The summed E-state index contributed by atoms with van der Waals surface area (Å²) in [6.07, 6.45) is 3.45. The Bertz CT molecular complexity index is 997. The monoisotopic (exact) mass is 363 g/mol. The zero-order chi connectivity index (χ0) is 18.8. The smallest absolute Gasteiger partial charge is 0.255 e. The molecule has 0 bridgehead atoms. The summed E-state index contributed by atoms with van der Waals surface area (Å²) in [5.74, 6) is -0.295. The Morgan fingerprint density at radius 3 is 2.93 bits per heavy atom. The normalized spacial score (nSPS) is 17.1. The molecule has 1 fully saturated rings. The molecule has 1 saturated heterocycles. The van der Waals surface area contributed by atoms with Gasteiger partial charge >= 0.3 is 0 Å². The van der Waals surface area contributed by atoms with Crippen LogP contribution in [0.2, 0.25) is 0 Å². The molecule has 138 valence electrons. The van der Waals surface area contributed by atoms with Crippen molar-refractivity contribution in [3.63, 3.8) is 0 Å². The number of benzene rings is 2. The number of imidazole rings is 1. The van der Waals surface area contributed by atoms with Crippen LogP contribution in [0.15, 0.2) is 48.8 Å². The van der Waals surface area contributed by atoms with Gasteiger partial charge in [0, 0.05) is 35.9 Å². The van der Waals surface area contributed by atoms with Crippen LogP contribution in [-0.2, 0) is 0 Å². The van der Waals surface area contributed by atoms with E-state index in [1.54, 1.807) is 53.7 Å². The number of aromatic amines is 1. The fourth-order valence-corrected chi connectivity index (χ4v) is 3.39. The summed E-state index contributed by atoms with van der Waals surface area (Å²) in [6, 6.07) is 12.3. The minimum Gasteiger partial charge on any atom is -0.345 e. The molecule has 2 aromatic carbocycles. The van der Waals surface area contributed by atoms with Crippen molar-refractivity contribution in [1.29, 1.82) is 0 Å². The number of amides is 2. The maximum absolute atomic E-state index is 12.7. The summed E-state index contributed by atoms with van der Waals surface area (Å²) >= 11 is 0. The third kappa shape index (κ3) is 3.68. The van der Waals surface area contributed by atoms with Crippen molar-refractivity contribution in [2.45, 2.75) is 18.9 Å². The molecule has 0 spiro atoms. The lowest BCUT2D eigenvalue weighted by molar-refractivity contribution is 0.0708. The van der Waals surface area contributed by atoms with Gasteiger partial charge in [0.05, 0.1) is 17.4 Å². The molecule has 27 heavy (non-hydrogen) atoms. The number of likely N-dealkylation sites (tertiary alicyclic amines) is 1. The number of fused-ring (bicyclic) bond motifs is 1. The van der Waals surface area contributed by atoms with Crippen LogP contribution < -0.4 is 11.1 Å². The second-order valence-corrected chi connectivity index (χ2v) is 6.82.